The van der Waals surface area contributed by atoms with E-state index in [1.807, 2.05) is 32.1 Å². The lowest BCUT2D eigenvalue weighted by molar-refractivity contribution is 0.117. The Labute approximate surface area is 187 Å². The molecule has 2 aromatic rings. The molecule has 1 aromatic carbocycles. The van der Waals surface area contributed by atoms with Crippen LogP contribution in [0.5, 0.6) is 0 Å². The van der Waals surface area contributed by atoms with Gasteiger partial charge >= 0.3 is 0 Å². The predicted octanol–water partition coefficient (Wildman–Crippen LogP) is 7.64. The van der Waals surface area contributed by atoms with E-state index in [1.54, 1.807) is 6.08 Å². The summed E-state index contributed by atoms with van der Waals surface area (Å²) in [7, 11) is 0. The van der Waals surface area contributed by atoms with Gasteiger partial charge in [-0.1, -0.05) is 70.2 Å². The second-order valence-corrected chi connectivity index (χ2v) is 8.73. The molecule has 0 aliphatic rings. The Hall–Kier alpha value is -2.52. The van der Waals surface area contributed by atoms with Crippen LogP contribution in [0.4, 0.5) is 4.39 Å². The molecule has 2 rings (SSSR count). The number of halogens is 1. The summed E-state index contributed by atoms with van der Waals surface area (Å²) >= 11 is 0. The highest BCUT2D eigenvalue weighted by Crippen LogP contribution is 2.41. The van der Waals surface area contributed by atoms with Crippen molar-refractivity contribution in [2.75, 3.05) is 13.2 Å². The van der Waals surface area contributed by atoms with E-state index in [4.69, 9.17) is 9.72 Å². The van der Waals surface area contributed by atoms with Crippen molar-refractivity contribution < 1.29 is 9.13 Å². The third kappa shape index (κ3) is 6.01. The lowest BCUT2D eigenvalue weighted by Crippen LogP contribution is -2.28. The first-order valence-electron chi connectivity index (χ1n) is 11.0. The fraction of sp³-hybridized carbons (Fsp3) is 0.393. The number of hydrogen-bond acceptors (Lipinski definition) is 2. The van der Waals surface area contributed by atoms with Crippen LogP contribution < -0.4 is 0 Å². The molecule has 0 aliphatic carbocycles. The zero-order valence-corrected chi connectivity index (χ0v) is 19.8. The molecule has 2 nitrogen and oxygen atoms in total. The summed E-state index contributed by atoms with van der Waals surface area (Å²) in [6, 6.07) is 6.79. The summed E-state index contributed by atoms with van der Waals surface area (Å²) in [5, 5.41) is 0. The van der Waals surface area contributed by atoms with Crippen LogP contribution in [0.2, 0.25) is 0 Å². The van der Waals surface area contributed by atoms with Gasteiger partial charge in [-0.3, -0.25) is 4.98 Å². The van der Waals surface area contributed by atoms with Crippen molar-refractivity contribution in [3.05, 3.63) is 83.5 Å². The fourth-order valence-corrected chi connectivity index (χ4v) is 3.94. The minimum atomic E-state index is -0.303. The molecule has 1 heterocycles. The van der Waals surface area contributed by atoms with Gasteiger partial charge in [0.05, 0.1) is 18.9 Å². The van der Waals surface area contributed by atoms with E-state index in [0.29, 0.717) is 13.2 Å². The van der Waals surface area contributed by atoms with Gasteiger partial charge in [0.1, 0.15) is 5.82 Å². The molecule has 0 radical (unpaired) electrons. The molecule has 0 saturated heterocycles. The van der Waals surface area contributed by atoms with Gasteiger partial charge in [-0.15, -0.1) is 6.58 Å². The summed E-state index contributed by atoms with van der Waals surface area (Å²) in [5.41, 5.74) is 6.16. The van der Waals surface area contributed by atoms with E-state index in [2.05, 4.69) is 52.5 Å². The van der Waals surface area contributed by atoms with Gasteiger partial charge in [0.25, 0.3) is 0 Å². The van der Waals surface area contributed by atoms with Crippen LogP contribution >= 0.6 is 0 Å². The number of aromatic nitrogens is 1. The van der Waals surface area contributed by atoms with Crippen molar-refractivity contribution in [1.29, 1.82) is 0 Å². The average Bonchev–Trinajstić information content (AvgIpc) is 2.73. The number of hydrogen-bond donors (Lipinski definition) is 0. The molecule has 0 unspecified atom stereocenters. The van der Waals surface area contributed by atoms with Crippen LogP contribution in [0.3, 0.4) is 0 Å². The number of allylic oxidation sites excluding steroid dienone is 3. The first kappa shape index (κ1) is 24.7. The molecular formula is C28H36FNO. The van der Waals surface area contributed by atoms with E-state index in [1.165, 1.54) is 12.1 Å². The highest BCUT2D eigenvalue weighted by atomic mass is 19.1. The van der Waals surface area contributed by atoms with Crippen LogP contribution in [0, 0.1) is 5.82 Å². The SMILES string of the molecule is C=CCOCC(C)(C)c1c(C/C=C\C)nc(C(C)C)c(/C=C/C)c1-c1ccc(F)cc1. The second kappa shape index (κ2) is 11.2. The topological polar surface area (TPSA) is 22.1 Å². The minimum Gasteiger partial charge on any atom is -0.377 e. The smallest absolute Gasteiger partial charge is 0.123 e. The molecule has 0 spiro atoms. The number of rotatable bonds is 10. The Morgan fingerprint density at radius 3 is 2.35 bits per heavy atom. The summed E-state index contributed by atoms with van der Waals surface area (Å²) in [5.74, 6) is 0.0164. The van der Waals surface area contributed by atoms with E-state index < -0.39 is 0 Å². The molecule has 3 heteroatoms. The molecule has 0 N–H and O–H groups in total. The molecule has 0 atom stereocenters. The summed E-state index contributed by atoms with van der Waals surface area (Å²) in [6.45, 7) is 17.6. The van der Waals surface area contributed by atoms with Crippen molar-refractivity contribution in [3.8, 4) is 11.1 Å². The predicted molar refractivity (Wildman–Crippen MR) is 131 cm³/mol. The molecule has 166 valence electrons. The van der Waals surface area contributed by atoms with Gasteiger partial charge in [0, 0.05) is 23.1 Å². The fourth-order valence-electron chi connectivity index (χ4n) is 3.94. The van der Waals surface area contributed by atoms with E-state index in [0.717, 1.165) is 40.1 Å². The zero-order valence-electron chi connectivity index (χ0n) is 19.8. The van der Waals surface area contributed by atoms with Crippen LogP contribution in [0.1, 0.15) is 70.0 Å². The van der Waals surface area contributed by atoms with Crippen LogP contribution in [0.25, 0.3) is 17.2 Å². The molecule has 0 bridgehead atoms. The lowest BCUT2D eigenvalue weighted by Gasteiger charge is -2.32. The molecule has 31 heavy (non-hydrogen) atoms. The minimum absolute atomic E-state index is 0.237. The summed E-state index contributed by atoms with van der Waals surface area (Å²) in [4.78, 5) is 5.17. The van der Waals surface area contributed by atoms with Crippen molar-refractivity contribution in [3.63, 3.8) is 0 Å². The van der Waals surface area contributed by atoms with Crippen molar-refractivity contribution >= 4 is 6.08 Å². The van der Waals surface area contributed by atoms with E-state index in [-0.39, 0.29) is 17.2 Å². The first-order chi connectivity index (χ1) is 14.8. The van der Waals surface area contributed by atoms with Gasteiger partial charge in [0.15, 0.2) is 0 Å². The standard InChI is InChI=1S/C28H36FNO/c1-8-11-13-24-26(28(6,7)19-31-18-10-3)25(21-14-16-22(29)17-15-21)23(12-9-2)27(30-24)20(4)5/h8-12,14-17,20H,3,13,18-19H2,1-2,4-7H3/b11-8-,12-9+. The maximum atomic E-state index is 13.8. The molecule has 0 saturated carbocycles. The van der Waals surface area contributed by atoms with E-state index >= 15 is 0 Å². The molecule has 0 amide bonds. The normalized spacial score (nSPS) is 12.4. The second-order valence-electron chi connectivity index (χ2n) is 8.73. The Morgan fingerprint density at radius 1 is 1.13 bits per heavy atom. The van der Waals surface area contributed by atoms with E-state index in [9.17, 15) is 4.39 Å². The van der Waals surface area contributed by atoms with Crippen molar-refractivity contribution in [2.24, 2.45) is 0 Å². The van der Waals surface area contributed by atoms with Gasteiger partial charge in [-0.25, -0.2) is 4.39 Å². The van der Waals surface area contributed by atoms with Crippen LogP contribution in [-0.2, 0) is 16.6 Å². The van der Waals surface area contributed by atoms with Crippen LogP contribution in [0.15, 0.2) is 55.1 Å². The number of pyridine rings is 1. The van der Waals surface area contributed by atoms with Crippen LogP contribution in [-0.4, -0.2) is 18.2 Å². The first-order valence-corrected chi connectivity index (χ1v) is 11.0. The number of ether oxygens (including phenoxy) is 1. The Morgan fingerprint density at radius 2 is 1.81 bits per heavy atom. The van der Waals surface area contributed by atoms with Crippen molar-refractivity contribution in [2.45, 2.75) is 59.3 Å². The summed E-state index contributed by atoms with van der Waals surface area (Å²) in [6.07, 6.45) is 10.9. The highest BCUT2D eigenvalue weighted by Gasteiger charge is 2.31. The maximum Gasteiger partial charge on any atom is 0.123 e. The zero-order chi connectivity index (χ0) is 23.0. The molecule has 1 aromatic heterocycles. The Bertz CT molecular complexity index is 936. The molecular weight excluding hydrogens is 385 g/mol. The third-order valence-corrected chi connectivity index (χ3v) is 5.27. The largest absolute Gasteiger partial charge is 0.377 e. The quantitative estimate of drug-likeness (QED) is 0.290. The lowest BCUT2D eigenvalue weighted by atomic mass is 9.76. The third-order valence-electron chi connectivity index (χ3n) is 5.27. The highest BCUT2D eigenvalue weighted by molar-refractivity contribution is 5.81. The van der Waals surface area contributed by atoms with Gasteiger partial charge in [-0.05, 0) is 48.6 Å². The molecule has 0 fully saturated rings. The van der Waals surface area contributed by atoms with Gasteiger partial charge in [-0.2, -0.15) is 0 Å². The summed E-state index contributed by atoms with van der Waals surface area (Å²) < 4.78 is 19.7. The monoisotopic (exact) mass is 421 g/mol. The van der Waals surface area contributed by atoms with Gasteiger partial charge < -0.3 is 4.74 Å². The Kier molecular flexibility index (Phi) is 8.94. The maximum absolute atomic E-state index is 13.8. The number of benzene rings is 1. The van der Waals surface area contributed by atoms with Gasteiger partial charge in [0.2, 0.25) is 0 Å². The van der Waals surface area contributed by atoms with Crippen molar-refractivity contribution in [1.82, 2.24) is 4.98 Å². The average molecular weight is 422 g/mol. The molecule has 0 aliphatic heterocycles. The Balaban J connectivity index is 2.95. The number of nitrogens with zero attached hydrogens (tertiary/aromatic N) is 1.